The molecule has 1 saturated heterocycles. The molecular weight excluding hydrogens is 372 g/mol. The third kappa shape index (κ3) is 5.04. The summed E-state index contributed by atoms with van der Waals surface area (Å²) in [4.78, 5) is 15.8. The maximum Gasteiger partial charge on any atom is 0.235 e. The van der Waals surface area contributed by atoms with Crippen LogP contribution in [-0.4, -0.2) is 37.0 Å². The zero-order chi connectivity index (χ0) is 20.7. The molecule has 1 aliphatic heterocycles. The summed E-state index contributed by atoms with van der Waals surface area (Å²) in [7, 11) is 0. The first-order valence-corrected chi connectivity index (χ1v) is 11.6. The van der Waals surface area contributed by atoms with Crippen molar-refractivity contribution in [2.75, 3.05) is 31.6 Å². The fraction of sp³-hybridized carbons (Fsp3) is 0.500. The van der Waals surface area contributed by atoms with E-state index in [4.69, 9.17) is 4.74 Å². The van der Waals surface area contributed by atoms with Crippen LogP contribution in [0.2, 0.25) is 0 Å². The molecule has 2 fully saturated rings. The Morgan fingerprint density at radius 2 is 1.60 bits per heavy atom. The van der Waals surface area contributed by atoms with Crippen molar-refractivity contribution in [3.8, 4) is 5.75 Å². The Hall–Kier alpha value is -2.33. The summed E-state index contributed by atoms with van der Waals surface area (Å²) in [5.74, 6) is 0.978. The number of carbonyl (C=O) groups is 1. The molecule has 0 atom stereocenters. The zero-order valence-electron chi connectivity index (χ0n) is 17.9. The number of rotatable bonds is 8. The molecule has 0 radical (unpaired) electrons. The van der Waals surface area contributed by atoms with E-state index in [1.54, 1.807) is 0 Å². The van der Waals surface area contributed by atoms with Crippen LogP contribution in [-0.2, 0) is 10.2 Å². The van der Waals surface area contributed by atoms with E-state index in [2.05, 4.69) is 22.3 Å². The third-order valence-corrected chi connectivity index (χ3v) is 6.67. The molecule has 1 N–H and O–H groups in total. The average Bonchev–Trinajstić information content (AvgIpc) is 3.31. The maximum atomic E-state index is 13.2. The summed E-state index contributed by atoms with van der Waals surface area (Å²) in [6.07, 6.45) is 9.14. The highest BCUT2D eigenvalue weighted by Gasteiger charge is 2.42. The van der Waals surface area contributed by atoms with Crippen LogP contribution in [0.1, 0.15) is 56.9 Å². The molecule has 4 nitrogen and oxygen atoms in total. The molecule has 2 aromatic carbocycles. The molecule has 2 aliphatic rings. The highest BCUT2D eigenvalue weighted by Crippen LogP contribution is 2.42. The fourth-order valence-electron chi connectivity index (χ4n) is 4.93. The van der Waals surface area contributed by atoms with Crippen molar-refractivity contribution < 1.29 is 9.53 Å². The number of nitrogens with zero attached hydrogens (tertiary/aromatic N) is 1. The predicted octanol–water partition coefficient (Wildman–Crippen LogP) is 5.39. The molecule has 0 aromatic heterocycles. The van der Waals surface area contributed by atoms with Gasteiger partial charge < -0.3 is 15.0 Å². The van der Waals surface area contributed by atoms with E-state index in [9.17, 15) is 4.79 Å². The highest BCUT2D eigenvalue weighted by molar-refractivity contribution is 5.99. The fourth-order valence-corrected chi connectivity index (χ4v) is 4.93. The van der Waals surface area contributed by atoms with E-state index in [1.807, 2.05) is 42.5 Å². The first kappa shape index (κ1) is 20.9. The Kier molecular flexibility index (Phi) is 7.06. The smallest absolute Gasteiger partial charge is 0.235 e. The van der Waals surface area contributed by atoms with Gasteiger partial charge in [0.05, 0.1) is 12.0 Å². The van der Waals surface area contributed by atoms with E-state index in [-0.39, 0.29) is 5.91 Å². The Bertz CT molecular complexity index is 792. The van der Waals surface area contributed by atoms with Crippen LogP contribution in [0.25, 0.3) is 0 Å². The normalized spacial score (nSPS) is 18.8. The molecule has 0 spiro atoms. The molecule has 0 unspecified atom stereocenters. The number of hydrogen-bond donors (Lipinski definition) is 1. The Balaban J connectivity index is 1.29. The Morgan fingerprint density at radius 1 is 0.900 bits per heavy atom. The minimum atomic E-state index is -0.398. The minimum absolute atomic E-state index is 0.112. The van der Waals surface area contributed by atoms with Crippen molar-refractivity contribution in [1.82, 2.24) is 4.90 Å². The molecule has 30 heavy (non-hydrogen) atoms. The first-order chi connectivity index (χ1) is 14.8. The van der Waals surface area contributed by atoms with Crippen molar-refractivity contribution in [3.63, 3.8) is 0 Å². The molecule has 2 aromatic rings. The van der Waals surface area contributed by atoms with Gasteiger partial charge in [0.1, 0.15) is 5.75 Å². The zero-order valence-corrected chi connectivity index (χ0v) is 17.9. The molecular formula is C26H34N2O2. The van der Waals surface area contributed by atoms with Crippen molar-refractivity contribution in [2.24, 2.45) is 0 Å². The SMILES string of the molecule is O=C(Nc1ccc(OCCCN2CCCCC2)cc1)C1(c2ccccc2)CCCC1. The number of amides is 1. The number of carbonyl (C=O) groups excluding carboxylic acids is 1. The summed E-state index contributed by atoms with van der Waals surface area (Å²) in [5.41, 5.74) is 1.57. The lowest BCUT2D eigenvalue weighted by Gasteiger charge is -2.28. The third-order valence-electron chi connectivity index (χ3n) is 6.67. The molecule has 4 rings (SSSR count). The number of benzene rings is 2. The predicted molar refractivity (Wildman–Crippen MR) is 122 cm³/mol. The maximum absolute atomic E-state index is 13.2. The van der Waals surface area contributed by atoms with Gasteiger partial charge in [-0.05, 0) is 75.0 Å². The van der Waals surface area contributed by atoms with Crippen molar-refractivity contribution >= 4 is 11.6 Å². The summed E-state index contributed by atoms with van der Waals surface area (Å²) < 4.78 is 5.91. The summed E-state index contributed by atoms with van der Waals surface area (Å²) in [5, 5.41) is 3.16. The van der Waals surface area contributed by atoms with Gasteiger partial charge in [0.15, 0.2) is 0 Å². The lowest BCUT2D eigenvalue weighted by atomic mass is 9.78. The second-order valence-corrected chi connectivity index (χ2v) is 8.74. The molecule has 0 bridgehead atoms. The van der Waals surface area contributed by atoms with E-state index in [0.717, 1.165) is 62.3 Å². The van der Waals surface area contributed by atoms with Crippen LogP contribution in [0.4, 0.5) is 5.69 Å². The molecule has 1 amide bonds. The Morgan fingerprint density at radius 3 is 2.30 bits per heavy atom. The van der Waals surface area contributed by atoms with Crippen LogP contribution < -0.4 is 10.1 Å². The Labute approximate surface area is 180 Å². The van der Waals surface area contributed by atoms with Crippen LogP contribution in [0.15, 0.2) is 54.6 Å². The molecule has 4 heteroatoms. The quantitative estimate of drug-likeness (QED) is 0.598. The highest BCUT2D eigenvalue weighted by atomic mass is 16.5. The average molecular weight is 407 g/mol. The van der Waals surface area contributed by atoms with Gasteiger partial charge in [-0.2, -0.15) is 0 Å². The van der Waals surface area contributed by atoms with Gasteiger partial charge in [0.2, 0.25) is 5.91 Å². The lowest BCUT2D eigenvalue weighted by Crippen LogP contribution is -2.37. The van der Waals surface area contributed by atoms with Gasteiger partial charge >= 0.3 is 0 Å². The number of nitrogens with one attached hydrogen (secondary N) is 1. The van der Waals surface area contributed by atoms with Crippen LogP contribution in [0.5, 0.6) is 5.75 Å². The van der Waals surface area contributed by atoms with Gasteiger partial charge in [0, 0.05) is 12.2 Å². The van der Waals surface area contributed by atoms with Crippen LogP contribution >= 0.6 is 0 Å². The second-order valence-electron chi connectivity index (χ2n) is 8.74. The van der Waals surface area contributed by atoms with Crippen molar-refractivity contribution in [3.05, 3.63) is 60.2 Å². The molecule has 1 aliphatic carbocycles. The first-order valence-electron chi connectivity index (χ1n) is 11.6. The van der Waals surface area contributed by atoms with Gasteiger partial charge in [-0.1, -0.05) is 49.6 Å². The number of hydrogen-bond acceptors (Lipinski definition) is 3. The van der Waals surface area contributed by atoms with Crippen LogP contribution in [0.3, 0.4) is 0 Å². The van der Waals surface area contributed by atoms with Gasteiger partial charge in [-0.3, -0.25) is 4.79 Å². The largest absolute Gasteiger partial charge is 0.494 e. The van der Waals surface area contributed by atoms with Crippen LogP contribution in [0, 0.1) is 0 Å². The minimum Gasteiger partial charge on any atom is -0.494 e. The second kappa shape index (κ2) is 10.1. The van der Waals surface area contributed by atoms with E-state index >= 15 is 0 Å². The molecule has 1 saturated carbocycles. The molecule has 1 heterocycles. The standard InChI is InChI=1S/C26H34N2O2/c29-25(26(16-5-6-17-26)22-10-3-1-4-11-22)27-23-12-14-24(15-13-23)30-21-9-20-28-18-7-2-8-19-28/h1,3-4,10-15H,2,5-9,16-21H2,(H,27,29). The van der Waals surface area contributed by atoms with E-state index in [1.165, 1.54) is 32.4 Å². The lowest BCUT2D eigenvalue weighted by molar-refractivity contribution is -0.121. The van der Waals surface area contributed by atoms with Crippen molar-refractivity contribution in [1.29, 1.82) is 0 Å². The van der Waals surface area contributed by atoms with Gasteiger partial charge in [0.25, 0.3) is 0 Å². The summed E-state index contributed by atoms with van der Waals surface area (Å²) >= 11 is 0. The van der Waals surface area contributed by atoms with Gasteiger partial charge in [-0.25, -0.2) is 0 Å². The topological polar surface area (TPSA) is 41.6 Å². The number of likely N-dealkylation sites (tertiary alicyclic amines) is 1. The summed E-state index contributed by atoms with van der Waals surface area (Å²) in [6, 6.07) is 18.1. The van der Waals surface area contributed by atoms with Gasteiger partial charge in [-0.15, -0.1) is 0 Å². The van der Waals surface area contributed by atoms with E-state index < -0.39 is 5.41 Å². The summed E-state index contributed by atoms with van der Waals surface area (Å²) in [6.45, 7) is 4.33. The number of ether oxygens (including phenoxy) is 1. The van der Waals surface area contributed by atoms with E-state index in [0.29, 0.717) is 0 Å². The molecule has 160 valence electrons. The monoisotopic (exact) mass is 406 g/mol. The van der Waals surface area contributed by atoms with Crippen molar-refractivity contribution in [2.45, 2.75) is 56.8 Å². The number of anilines is 1. The number of piperidine rings is 1.